The van der Waals surface area contributed by atoms with Crippen molar-refractivity contribution in [2.75, 3.05) is 18.5 Å². The molecule has 6 rings (SSSR count). The third-order valence-electron chi connectivity index (χ3n) is 6.60. The van der Waals surface area contributed by atoms with Gasteiger partial charge in [0.05, 0.1) is 27.4 Å². The van der Waals surface area contributed by atoms with Crippen molar-refractivity contribution >= 4 is 44.8 Å². The lowest BCUT2D eigenvalue weighted by Crippen LogP contribution is -2.09. The van der Waals surface area contributed by atoms with Crippen LogP contribution in [0.4, 0.5) is 17.1 Å². The number of ether oxygens (including phenoxy) is 2. The Bertz CT molecular complexity index is 1590. The number of halogens is 1. The van der Waals surface area contributed by atoms with E-state index in [1.807, 2.05) is 78.9 Å². The maximum absolute atomic E-state index is 11.6. The first-order valence-corrected chi connectivity index (χ1v) is 13.2. The molecule has 1 N–H and O–H groups in total. The zero-order valence-corrected chi connectivity index (χ0v) is 22.2. The molecule has 39 heavy (non-hydrogen) atoms. The van der Waals surface area contributed by atoms with Crippen molar-refractivity contribution in [1.29, 1.82) is 0 Å². The van der Waals surface area contributed by atoms with Crippen molar-refractivity contribution in [2.45, 2.75) is 12.1 Å². The predicted octanol–water partition coefficient (Wildman–Crippen LogP) is 7.14. The normalized spacial score (nSPS) is 18.1. The fourth-order valence-corrected chi connectivity index (χ4v) is 4.97. The Kier molecular flexibility index (Phi) is 6.81. The molecule has 2 aliphatic rings. The van der Waals surface area contributed by atoms with E-state index in [0.717, 1.165) is 26.9 Å². The van der Waals surface area contributed by atoms with E-state index in [2.05, 4.69) is 21.2 Å². The summed E-state index contributed by atoms with van der Waals surface area (Å²) in [6, 6.07) is 30.0. The van der Waals surface area contributed by atoms with Gasteiger partial charge in [-0.1, -0.05) is 76.6 Å². The molecule has 2 aliphatic heterocycles. The summed E-state index contributed by atoms with van der Waals surface area (Å²) in [5, 5.41) is 15.0. The number of nitro groups is 1. The number of aliphatic imine (C=N–C) groups is 2. The smallest absolute Gasteiger partial charge is 0.270 e. The van der Waals surface area contributed by atoms with Gasteiger partial charge in [0.15, 0.2) is 0 Å². The quantitative estimate of drug-likeness (QED) is 0.184. The maximum Gasteiger partial charge on any atom is 0.270 e. The van der Waals surface area contributed by atoms with Crippen molar-refractivity contribution in [1.82, 2.24) is 0 Å². The third-order valence-corrected chi connectivity index (χ3v) is 7.09. The largest absolute Gasteiger partial charge is 0.475 e. The van der Waals surface area contributed by atoms with Crippen LogP contribution in [0.25, 0.3) is 0 Å². The Hall–Kier alpha value is -4.50. The van der Waals surface area contributed by atoms with Crippen LogP contribution in [0, 0.1) is 10.1 Å². The molecule has 0 spiro atoms. The molecule has 8 nitrogen and oxygen atoms in total. The minimum atomic E-state index is -0.423. The van der Waals surface area contributed by atoms with Crippen molar-refractivity contribution < 1.29 is 14.4 Å². The van der Waals surface area contributed by atoms with E-state index in [9.17, 15) is 10.1 Å². The summed E-state index contributed by atoms with van der Waals surface area (Å²) in [5.74, 6) is 0.877. The number of nitrogens with zero attached hydrogens (tertiary/aromatic N) is 3. The van der Waals surface area contributed by atoms with Gasteiger partial charge in [0, 0.05) is 16.6 Å². The molecule has 4 aromatic rings. The zero-order chi connectivity index (χ0) is 26.8. The monoisotopic (exact) mass is 582 g/mol. The van der Waals surface area contributed by atoms with Gasteiger partial charge in [0.2, 0.25) is 11.8 Å². The SMILES string of the molecule is O=[N+]([O-])c1ccc(Nc2ccc(Br)cc2C2=NC(c3ccccc3)CO2)c(C2=NC(c3ccccc3)CO2)c1. The topological polar surface area (TPSA) is 98.4 Å². The second-order valence-corrected chi connectivity index (χ2v) is 10.1. The van der Waals surface area contributed by atoms with Crippen molar-refractivity contribution in [3.05, 3.63) is 134 Å². The molecule has 0 aromatic heterocycles. The van der Waals surface area contributed by atoms with E-state index in [0.29, 0.717) is 36.3 Å². The molecule has 194 valence electrons. The molecule has 2 unspecified atom stereocenters. The van der Waals surface area contributed by atoms with Gasteiger partial charge in [-0.3, -0.25) is 10.1 Å². The lowest BCUT2D eigenvalue weighted by Gasteiger charge is -2.15. The number of anilines is 2. The molecule has 0 saturated heterocycles. The van der Waals surface area contributed by atoms with E-state index in [-0.39, 0.29) is 17.8 Å². The summed E-state index contributed by atoms with van der Waals surface area (Å²) >= 11 is 3.56. The Labute approximate surface area is 233 Å². The molecule has 9 heteroatoms. The summed E-state index contributed by atoms with van der Waals surface area (Å²) < 4.78 is 12.9. The Morgan fingerprint density at radius 2 is 1.26 bits per heavy atom. The standard InChI is InChI=1S/C30H23BrN4O4/c31-21-11-13-25(23(15-21)29-33-27(17-38-29)19-7-3-1-4-8-19)32-26-14-12-22(35(36)37)16-24(26)30-34-28(18-39-30)20-9-5-2-6-10-20/h1-16,27-28,32H,17-18H2. The maximum atomic E-state index is 11.6. The molecule has 0 amide bonds. The van der Waals surface area contributed by atoms with Crippen LogP contribution in [-0.2, 0) is 9.47 Å². The Morgan fingerprint density at radius 3 is 1.79 bits per heavy atom. The average molecular weight is 583 g/mol. The summed E-state index contributed by atoms with van der Waals surface area (Å²) in [6.07, 6.45) is 0. The van der Waals surface area contributed by atoms with Crippen molar-refractivity contribution in [2.24, 2.45) is 9.98 Å². The molecule has 0 radical (unpaired) electrons. The highest BCUT2D eigenvalue weighted by Crippen LogP contribution is 2.34. The first-order chi connectivity index (χ1) is 19.0. The van der Waals surface area contributed by atoms with E-state index in [4.69, 9.17) is 19.5 Å². The summed E-state index contributed by atoms with van der Waals surface area (Å²) in [5.41, 5.74) is 4.69. The molecule has 0 saturated carbocycles. The number of benzene rings is 4. The van der Waals surface area contributed by atoms with Gasteiger partial charge in [-0.2, -0.15) is 0 Å². The van der Waals surface area contributed by atoms with Gasteiger partial charge in [-0.15, -0.1) is 0 Å². The van der Waals surface area contributed by atoms with E-state index < -0.39 is 4.92 Å². The summed E-state index contributed by atoms with van der Waals surface area (Å²) in [6.45, 7) is 0.802. The van der Waals surface area contributed by atoms with Gasteiger partial charge in [0.25, 0.3) is 5.69 Å². The number of hydrogen-bond acceptors (Lipinski definition) is 7. The van der Waals surface area contributed by atoms with E-state index >= 15 is 0 Å². The number of nitro benzene ring substituents is 1. The van der Waals surface area contributed by atoms with Gasteiger partial charge in [0.1, 0.15) is 25.3 Å². The molecular formula is C30H23BrN4O4. The van der Waals surface area contributed by atoms with Crippen LogP contribution in [0.1, 0.15) is 34.3 Å². The summed E-state index contributed by atoms with van der Waals surface area (Å²) in [7, 11) is 0. The van der Waals surface area contributed by atoms with E-state index in [1.165, 1.54) is 12.1 Å². The molecule has 2 atom stereocenters. The Morgan fingerprint density at radius 1 is 0.744 bits per heavy atom. The third kappa shape index (κ3) is 5.26. The molecular weight excluding hydrogens is 560 g/mol. The number of hydrogen-bond donors (Lipinski definition) is 1. The second-order valence-electron chi connectivity index (χ2n) is 9.15. The van der Waals surface area contributed by atoms with Gasteiger partial charge in [-0.05, 0) is 35.4 Å². The fourth-order valence-electron chi connectivity index (χ4n) is 4.61. The molecule has 0 aliphatic carbocycles. The number of non-ortho nitro benzene ring substituents is 1. The molecule has 0 bridgehead atoms. The van der Waals surface area contributed by atoms with Crippen LogP contribution in [0.15, 0.2) is 112 Å². The fraction of sp³-hybridized carbons (Fsp3) is 0.133. The van der Waals surface area contributed by atoms with Gasteiger partial charge < -0.3 is 14.8 Å². The molecule has 2 heterocycles. The predicted molar refractivity (Wildman–Crippen MR) is 154 cm³/mol. The van der Waals surface area contributed by atoms with Gasteiger partial charge in [-0.25, -0.2) is 9.98 Å². The van der Waals surface area contributed by atoms with Crippen LogP contribution < -0.4 is 5.32 Å². The minimum Gasteiger partial charge on any atom is -0.475 e. The summed E-state index contributed by atoms with van der Waals surface area (Å²) in [4.78, 5) is 20.8. The van der Waals surface area contributed by atoms with Crippen LogP contribution in [0.5, 0.6) is 0 Å². The highest BCUT2D eigenvalue weighted by Gasteiger charge is 2.27. The second kappa shape index (κ2) is 10.7. The van der Waals surface area contributed by atoms with Crippen LogP contribution in [0.2, 0.25) is 0 Å². The first kappa shape index (κ1) is 24.8. The highest BCUT2D eigenvalue weighted by molar-refractivity contribution is 9.10. The minimum absolute atomic E-state index is 0.0461. The van der Waals surface area contributed by atoms with Crippen LogP contribution in [-0.4, -0.2) is 29.9 Å². The highest BCUT2D eigenvalue weighted by atomic mass is 79.9. The lowest BCUT2D eigenvalue weighted by molar-refractivity contribution is -0.384. The van der Waals surface area contributed by atoms with E-state index in [1.54, 1.807) is 6.07 Å². The van der Waals surface area contributed by atoms with Gasteiger partial charge >= 0.3 is 0 Å². The van der Waals surface area contributed by atoms with Crippen LogP contribution >= 0.6 is 15.9 Å². The zero-order valence-electron chi connectivity index (χ0n) is 20.7. The average Bonchev–Trinajstić information content (AvgIpc) is 3.66. The Balaban J connectivity index is 1.36. The van der Waals surface area contributed by atoms with Crippen molar-refractivity contribution in [3.63, 3.8) is 0 Å². The molecule has 4 aromatic carbocycles. The first-order valence-electron chi connectivity index (χ1n) is 12.4. The number of rotatable bonds is 7. The lowest BCUT2D eigenvalue weighted by atomic mass is 10.1. The number of nitrogens with one attached hydrogen (secondary N) is 1. The van der Waals surface area contributed by atoms with Crippen LogP contribution in [0.3, 0.4) is 0 Å². The van der Waals surface area contributed by atoms with Crippen molar-refractivity contribution in [3.8, 4) is 0 Å². The molecule has 0 fully saturated rings.